The second-order valence-electron chi connectivity index (χ2n) is 6.31. The SMILES string of the molecule is CC(=O)c1ccc(S(=O)(=O)N2CCC(Oc3ccc(C)nn3)CC2)cc1. The Balaban J connectivity index is 1.62. The molecule has 1 aromatic heterocycles. The van der Waals surface area contributed by atoms with E-state index in [0.29, 0.717) is 37.4 Å². The number of hydrogen-bond donors (Lipinski definition) is 0. The van der Waals surface area contributed by atoms with Gasteiger partial charge in [-0.25, -0.2) is 8.42 Å². The lowest BCUT2D eigenvalue weighted by Gasteiger charge is -2.31. The van der Waals surface area contributed by atoms with Gasteiger partial charge in [0.25, 0.3) is 0 Å². The predicted molar refractivity (Wildman–Crippen MR) is 95.6 cm³/mol. The number of sulfonamides is 1. The van der Waals surface area contributed by atoms with E-state index in [4.69, 9.17) is 4.74 Å². The second kappa shape index (κ2) is 7.51. The van der Waals surface area contributed by atoms with Crippen molar-refractivity contribution in [3.05, 3.63) is 47.7 Å². The van der Waals surface area contributed by atoms with Gasteiger partial charge in [0, 0.05) is 24.7 Å². The number of aromatic nitrogens is 2. The number of ketones is 1. The van der Waals surface area contributed by atoms with E-state index in [0.717, 1.165) is 5.69 Å². The van der Waals surface area contributed by atoms with E-state index in [9.17, 15) is 13.2 Å². The highest BCUT2D eigenvalue weighted by Crippen LogP contribution is 2.23. The Bertz CT molecular complexity index is 872. The molecule has 0 aliphatic carbocycles. The lowest BCUT2D eigenvalue weighted by atomic mass is 10.1. The van der Waals surface area contributed by atoms with Gasteiger partial charge >= 0.3 is 0 Å². The number of nitrogens with zero attached hydrogens (tertiary/aromatic N) is 3. The van der Waals surface area contributed by atoms with E-state index in [2.05, 4.69) is 10.2 Å². The van der Waals surface area contributed by atoms with Crippen molar-refractivity contribution < 1.29 is 17.9 Å². The quantitative estimate of drug-likeness (QED) is 0.745. The van der Waals surface area contributed by atoms with Crippen molar-refractivity contribution >= 4 is 15.8 Å². The predicted octanol–water partition coefficient (Wildman–Crippen LogP) is 2.22. The molecule has 2 heterocycles. The van der Waals surface area contributed by atoms with E-state index >= 15 is 0 Å². The summed E-state index contributed by atoms with van der Waals surface area (Å²) in [5.74, 6) is 0.364. The van der Waals surface area contributed by atoms with Crippen molar-refractivity contribution in [3.63, 3.8) is 0 Å². The molecule has 138 valence electrons. The van der Waals surface area contributed by atoms with Crippen LogP contribution in [0.2, 0.25) is 0 Å². The molecule has 0 saturated carbocycles. The molecular weight excluding hydrogens is 354 g/mol. The molecule has 1 saturated heterocycles. The fourth-order valence-corrected chi connectivity index (χ4v) is 4.29. The summed E-state index contributed by atoms with van der Waals surface area (Å²) in [6, 6.07) is 9.64. The van der Waals surface area contributed by atoms with Crippen LogP contribution in [0.3, 0.4) is 0 Å². The molecule has 0 atom stereocenters. The van der Waals surface area contributed by atoms with Crippen molar-refractivity contribution in [1.29, 1.82) is 0 Å². The molecule has 1 fully saturated rings. The van der Waals surface area contributed by atoms with Gasteiger partial charge in [0.2, 0.25) is 15.9 Å². The maximum absolute atomic E-state index is 12.7. The lowest BCUT2D eigenvalue weighted by molar-refractivity contribution is 0.101. The third-order valence-corrected chi connectivity index (χ3v) is 6.27. The van der Waals surface area contributed by atoms with Crippen LogP contribution in [-0.2, 0) is 10.0 Å². The summed E-state index contributed by atoms with van der Waals surface area (Å²) in [4.78, 5) is 11.5. The van der Waals surface area contributed by atoms with Crippen LogP contribution in [0, 0.1) is 6.92 Å². The highest BCUT2D eigenvalue weighted by atomic mass is 32.2. The van der Waals surface area contributed by atoms with Gasteiger partial charge in [-0.1, -0.05) is 12.1 Å². The third kappa shape index (κ3) is 4.08. The molecule has 3 rings (SSSR count). The molecule has 0 bridgehead atoms. The minimum absolute atomic E-state index is 0.0847. The first-order valence-electron chi connectivity index (χ1n) is 8.44. The number of benzene rings is 1. The summed E-state index contributed by atoms with van der Waals surface area (Å²) in [5, 5.41) is 7.93. The second-order valence-corrected chi connectivity index (χ2v) is 8.25. The number of ether oxygens (including phenoxy) is 1. The van der Waals surface area contributed by atoms with Crippen molar-refractivity contribution in [3.8, 4) is 5.88 Å². The summed E-state index contributed by atoms with van der Waals surface area (Å²) in [7, 11) is -3.57. The van der Waals surface area contributed by atoms with Crippen molar-refractivity contribution in [1.82, 2.24) is 14.5 Å². The van der Waals surface area contributed by atoms with Gasteiger partial charge in [-0.3, -0.25) is 4.79 Å². The number of carbonyl (C=O) groups excluding carboxylic acids is 1. The van der Waals surface area contributed by atoms with Crippen LogP contribution >= 0.6 is 0 Å². The molecule has 0 N–H and O–H groups in total. The van der Waals surface area contributed by atoms with Crippen LogP contribution in [0.15, 0.2) is 41.3 Å². The number of Topliss-reactive ketones (excluding diaryl/α,β-unsaturated/α-hetero) is 1. The topological polar surface area (TPSA) is 89.5 Å². The summed E-state index contributed by atoms with van der Waals surface area (Å²) >= 11 is 0. The molecule has 2 aromatic rings. The zero-order valence-corrected chi connectivity index (χ0v) is 15.6. The Labute approximate surface area is 153 Å². The van der Waals surface area contributed by atoms with Gasteiger partial charge in [0.05, 0.1) is 10.6 Å². The van der Waals surface area contributed by atoms with Crippen molar-refractivity contribution in [2.45, 2.75) is 37.7 Å². The van der Waals surface area contributed by atoms with Gasteiger partial charge in [0.15, 0.2) is 5.78 Å². The molecule has 0 spiro atoms. The van der Waals surface area contributed by atoms with Crippen molar-refractivity contribution in [2.24, 2.45) is 0 Å². The molecule has 26 heavy (non-hydrogen) atoms. The Hall–Kier alpha value is -2.32. The molecular formula is C18H21N3O4S. The summed E-state index contributed by atoms with van der Waals surface area (Å²) < 4.78 is 32.7. The Morgan fingerprint density at radius 1 is 1.08 bits per heavy atom. The minimum Gasteiger partial charge on any atom is -0.473 e. The number of hydrogen-bond acceptors (Lipinski definition) is 6. The van der Waals surface area contributed by atoms with Gasteiger partial charge in [0.1, 0.15) is 6.10 Å². The normalized spacial score (nSPS) is 16.4. The van der Waals surface area contributed by atoms with E-state index in [1.807, 2.05) is 13.0 Å². The number of piperidine rings is 1. The standard InChI is InChI=1S/C18H21N3O4S/c1-13-3-8-18(20-19-13)25-16-9-11-21(12-10-16)26(23,24)17-6-4-15(5-7-17)14(2)22/h3-8,16H,9-12H2,1-2H3. The maximum Gasteiger partial charge on any atom is 0.243 e. The van der Waals surface area contributed by atoms with Crippen LogP contribution in [0.25, 0.3) is 0 Å². The number of rotatable bonds is 5. The highest BCUT2D eigenvalue weighted by molar-refractivity contribution is 7.89. The monoisotopic (exact) mass is 375 g/mol. The van der Waals surface area contributed by atoms with Gasteiger partial charge in [-0.2, -0.15) is 9.40 Å². The van der Waals surface area contributed by atoms with Crippen LogP contribution in [0.4, 0.5) is 0 Å². The van der Waals surface area contributed by atoms with Crippen molar-refractivity contribution in [2.75, 3.05) is 13.1 Å². The summed E-state index contributed by atoms with van der Waals surface area (Å²) in [5.41, 5.74) is 1.31. The first kappa shape index (κ1) is 18.5. The molecule has 1 aliphatic rings. The molecule has 7 nitrogen and oxygen atoms in total. The zero-order valence-electron chi connectivity index (χ0n) is 14.8. The first-order valence-corrected chi connectivity index (χ1v) is 9.88. The Morgan fingerprint density at radius 2 is 1.73 bits per heavy atom. The maximum atomic E-state index is 12.7. The molecule has 1 aromatic carbocycles. The van der Waals surface area contributed by atoms with Gasteiger partial charge in [-0.15, -0.1) is 5.10 Å². The highest BCUT2D eigenvalue weighted by Gasteiger charge is 2.30. The largest absolute Gasteiger partial charge is 0.473 e. The van der Waals surface area contributed by atoms with Gasteiger partial charge < -0.3 is 4.74 Å². The fourth-order valence-electron chi connectivity index (χ4n) is 2.82. The molecule has 1 aliphatic heterocycles. The molecule has 0 amide bonds. The van der Waals surface area contributed by atoms with E-state index < -0.39 is 10.0 Å². The smallest absolute Gasteiger partial charge is 0.243 e. The average molecular weight is 375 g/mol. The number of carbonyl (C=O) groups is 1. The Kier molecular flexibility index (Phi) is 5.33. The molecule has 0 unspecified atom stereocenters. The van der Waals surface area contributed by atoms with Crippen LogP contribution in [0.5, 0.6) is 5.88 Å². The molecule has 8 heteroatoms. The van der Waals surface area contributed by atoms with E-state index in [1.165, 1.54) is 23.4 Å². The van der Waals surface area contributed by atoms with Crippen LogP contribution in [-0.4, -0.2) is 47.9 Å². The fraction of sp³-hybridized carbons (Fsp3) is 0.389. The van der Waals surface area contributed by atoms with Crippen LogP contribution < -0.4 is 4.74 Å². The number of aryl methyl sites for hydroxylation is 1. The average Bonchev–Trinajstić information content (AvgIpc) is 2.64. The van der Waals surface area contributed by atoms with Gasteiger partial charge in [-0.05, 0) is 44.9 Å². The van der Waals surface area contributed by atoms with Crippen LogP contribution in [0.1, 0.15) is 35.8 Å². The lowest BCUT2D eigenvalue weighted by Crippen LogP contribution is -2.41. The summed E-state index contributed by atoms with van der Waals surface area (Å²) in [6.45, 7) is 4.05. The first-order chi connectivity index (χ1) is 12.4. The third-order valence-electron chi connectivity index (χ3n) is 4.36. The Morgan fingerprint density at radius 3 is 2.27 bits per heavy atom. The summed E-state index contributed by atoms with van der Waals surface area (Å²) in [6.07, 6.45) is 1.08. The molecule has 0 radical (unpaired) electrons. The minimum atomic E-state index is -3.57. The van der Waals surface area contributed by atoms with E-state index in [1.54, 1.807) is 18.2 Å². The zero-order chi connectivity index (χ0) is 18.7. The van der Waals surface area contributed by atoms with E-state index in [-0.39, 0.29) is 16.8 Å².